The van der Waals surface area contributed by atoms with Crippen molar-refractivity contribution in [1.29, 1.82) is 0 Å². The lowest BCUT2D eigenvalue weighted by molar-refractivity contribution is 0.422. The molecule has 2 aromatic heterocycles. The van der Waals surface area contributed by atoms with Gasteiger partial charge in [-0.25, -0.2) is 14.1 Å². The fourth-order valence-corrected chi connectivity index (χ4v) is 2.00. The molecule has 2 rings (SSSR count). The van der Waals surface area contributed by atoms with Gasteiger partial charge in [-0.15, -0.1) is 0 Å². The standard InChI is InChI=1S/C15H21FN4/c1-10-6-11(2)20(19-10)14-12(7-13(16)9-17-14)8-18-15(3,4)5/h6-7,9,18H,8H2,1-5H3. The molecule has 2 aromatic rings. The van der Waals surface area contributed by atoms with Crippen LogP contribution in [0.25, 0.3) is 5.82 Å². The zero-order valence-corrected chi connectivity index (χ0v) is 12.7. The van der Waals surface area contributed by atoms with Gasteiger partial charge in [-0.3, -0.25) is 0 Å². The van der Waals surface area contributed by atoms with E-state index in [1.807, 2.05) is 19.9 Å². The highest BCUT2D eigenvalue weighted by Crippen LogP contribution is 2.16. The van der Waals surface area contributed by atoms with Crippen molar-refractivity contribution in [2.45, 2.75) is 46.7 Å². The average Bonchev–Trinajstić information content (AvgIpc) is 2.65. The fourth-order valence-electron chi connectivity index (χ4n) is 2.00. The highest BCUT2D eigenvalue weighted by Gasteiger charge is 2.15. The van der Waals surface area contributed by atoms with E-state index in [9.17, 15) is 4.39 Å². The van der Waals surface area contributed by atoms with Crippen molar-refractivity contribution in [3.05, 3.63) is 41.1 Å². The van der Waals surface area contributed by atoms with Gasteiger partial charge in [0.15, 0.2) is 5.82 Å². The van der Waals surface area contributed by atoms with Crippen molar-refractivity contribution in [1.82, 2.24) is 20.1 Å². The lowest BCUT2D eigenvalue weighted by Gasteiger charge is -2.21. The summed E-state index contributed by atoms with van der Waals surface area (Å²) in [5.41, 5.74) is 2.66. The van der Waals surface area contributed by atoms with Gasteiger partial charge in [0, 0.05) is 23.3 Å². The topological polar surface area (TPSA) is 42.7 Å². The first-order valence-corrected chi connectivity index (χ1v) is 6.69. The van der Waals surface area contributed by atoms with Crippen LogP contribution in [-0.2, 0) is 6.54 Å². The molecule has 4 nitrogen and oxygen atoms in total. The number of hydrogen-bond donors (Lipinski definition) is 1. The molecule has 0 radical (unpaired) electrons. The Balaban J connectivity index is 2.40. The Kier molecular flexibility index (Phi) is 3.90. The first kappa shape index (κ1) is 14.7. The Morgan fingerprint density at radius 3 is 2.50 bits per heavy atom. The summed E-state index contributed by atoms with van der Waals surface area (Å²) in [5, 5.41) is 7.77. The number of aromatic nitrogens is 3. The van der Waals surface area contributed by atoms with Crippen LogP contribution in [-0.4, -0.2) is 20.3 Å². The van der Waals surface area contributed by atoms with Crippen molar-refractivity contribution in [3.63, 3.8) is 0 Å². The molecule has 0 amide bonds. The lowest BCUT2D eigenvalue weighted by atomic mass is 10.1. The summed E-state index contributed by atoms with van der Waals surface area (Å²) < 4.78 is 15.2. The number of hydrogen-bond acceptors (Lipinski definition) is 3. The normalized spacial score (nSPS) is 11.9. The minimum atomic E-state index is -0.332. The molecule has 20 heavy (non-hydrogen) atoms. The molecular formula is C15H21FN4. The van der Waals surface area contributed by atoms with E-state index in [0.29, 0.717) is 12.4 Å². The zero-order valence-electron chi connectivity index (χ0n) is 12.7. The van der Waals surface area contributed by atoms with Gasteiger partial charge in [0.25, 0.3) is 0 Å². The van der Waals surface area contributed by atoms with Gasteiger partial charge in [0.2, 0.25) is 0 Å². The van der Waals surface area contributed by atoms with Gasteiger partial charge >= 0.3 is 0 Å². The quantitative estimate of drug-likeness (QED) is 0.937. The fraction of sp³-hybridized carbons (Fsp3) is 0.467. The minimum Gasteiger partial charge on any atom is -0.308 e. The first-order valence-electron chi connectivity index (χ1n) is 6.69. The second-order valence-corrected chi connectivity index (χ2v) is 6.08. The molecule has 0 aliphatic heterocycles. The van der Waals surface area contributed by atoms with Crippen LogP contribution in [0.2, 0.25) is 0 Å². The van der Waals surface area contributed by atoms with Gasteiger partial charge in [-0.05, 0) is 46.8 Å². The Labute approximate surface area is 119 Å². The highest BCUT2D eigenvalue weighted by atomic mass is 19.1. The molecule has 1 N–H and O–H groups in total. The Morgan fingerprint density at radius 1 is 1.25 bits per heavy atom. The van der Waals surface area contributed by atoms with Crippen LogP contribution in [0.1, 0.15) is 37.7 Å². The summed E-state index contributed by atoms with van der Waals surface area (Å²) in [5.74, 6) is 0.342. The van der Waals surface area contributed by atoms with Crippen LogP contribution in [0.5, 0.6) is 0 Å². The van der Waals surface area contributed by atoms with E-state index in [-0.39, 0.29) is 11.4 Å². The van der Waals surface area contributed by atoms with Crippen LogP contribution in [0.3, 0.4) is 0 Å². The van der Waals surface area contributed by atoms with Crippen molar-refractivity contribution in [2.75, 3.05) is 0 Å². The van der Waals surface area contributed by atoms with Crippen molar-refractivity contribution < 1.29 is 4.39 Å². The number of pyridine rings is 1. The SMILES string of the molecule is Cc1cc(C)n(-c2ncc(F)cc2CNC(C)(C)C)n1. The summed E-state index contributed by atoms with van der Waals surface area (Å²) in [4.78, 5) is 4.21. The average molecular weight is 276 g/mol. The third kappa shape index (κ3) is 3.42. The number of nitrogens with one attached hydrogen (secondary N) is 1. The minimum absolute atomic E-state index is 0.0430. The number of aryl methyl sites for hydroxylation is 2. The van der Waals surface area contributed by atoms with Gasteiger partial charge in [0.1, 0.15) is 5.82 Å². The van der Waals surface area contributed by atoms with Crippen molar-refractivity contribution >= 4 is 0 Å². The molecule has 0 aliphatic carbocycles. The maximum absolute atomic E-state index is 13.5. The number of halogens is 1. The molecule has 0 atom stereocenters. The molecule has 5 heteroatoms. The summed E-state index contributed by atoms with van der Waals surface area (Å²) in [6, 6.07) is 3.49. The molecular weight excluding hydrogens is 255 g/mol. The molecule has 2 heterocycles. The monoisotopic (exact) mass is 276 g/mol. The van der Waals surface area contributed by atoms with Crippen LogP contribution in [0.15, 0.2) is 18.3 Å². The van der Waals surface area contributed by atoms with Crippen LogP contribution in [0.4, 0.5) is 4.39 Å². The van der Waals surface area contributed by atoms with Crippen molar-refractivity contribution in [2.24, 2.45) is 0 Å². The molecule has 0 fully saturated rings. The predicted molar refractivity (Wildman–Crippen MR) is 77.4 cm³/mol. The second-order valence-electron chi connectivity index (χ2n) is 6.08. The maximum atomic E-state index is 13.5. The van der Waals surface area contributed by atoms with Crippen LogP contribution < -0.4 is 5.32 Å². The third-order valence-corrected chi connectivity index (χ3v) is 2.93. The van der Waals surface area contributed by atoms with E-state index in [1.54, 1.807) is 4.68 Å². The molecule has 0 saturated heterocycles. The summed E-state index contributed by atoms with van der Waals surface area (Å²) in [6.45, 7) is 10.7. The molecule has 0 unspecified atom stereocenters. The molecule has 108 valence electrons. The smallest absolute Gasteiger partial charge is 0.158 e. The van der Waals surface area contributed by atoms with Crippen LogP contribution >= 0.6 is 0 Å². The van der Waals surface area contributed by atoms with E-state index in [1.165, 1.54) is 12.3 Å². The molecule has 0 spiro atoms. The summed E-state index contributed by atoms with van der Waals surface area (Å²) in [7, 11) is 0. The van der Waals surface area contributed by atoms with E-state index in [2.05, 4.69) is 36.2 Å². The van der Waals surface area contributed by atoms with Crippen LogP contribution in [0, 0.1) is 19.7 Å². The Hall–Kier alpha value is -1.75. The third-order valence-electron chi connectivity index (χ3n) is 2.93. The number of rotatable bonds is 3. The Morgan fingerprint density at radius 2 is 1.95 bits per heavy atom. The molecule has 0 aromatic carbocycles. The lowest BCUT2D eigenvalue weighted by Crippen LogP contribution is -2.35. The van der Waals surface area contributed by atoms with Gasteiger partial charge in [-0.2, -0.15) is 5.10 Å². The molecule has 0 aliphatic rings. The van der Waals surface area contributed by atoms with Crippen molar-refractivity contribution in [3.8, 4) is 5.82 Å². The van der Waals surface area contributed by atoms with E-state index >= 15 is 0 Å². The summed E-state index contributed by atoms with van der Waals surface area (Å²) in [6.07, 6.45) is 1.23. The zero-order chi connectivity index (χ0) is 14.9. The van der Waals surface area contributed by atoms with Gasteiger partial charge in [-0.1, -0.05) is 0 Å². The molecule has 0 saturated carbocycles. The van der Waals surface area contributed by atoms with Gasteiger partial charge < -0.3 is 5.32 Å². The maximum Gasteiger partial charge on any atom is 0.158 e. The number of nitrogens with zero attached hydrogens (tertiary/aromatic N) is 3. The molecule has 0 bridgehead atoms. The first-order chi connectivity index (χ1) is 9.26. The van der Waals surface area contributed by atoms with Gasteiger partial charge in [0.05, 0.1) is 11.9 Å². The summed E-state index contributed by atoms with van der Waals surface area (Å²) >= 11 is 0. The largest absolute Gasteiger partial charge is 0.308 e. The van der Waals surface area contributed by atoms with E-state index in [4.69, 9.17) is 0 Å². The van der Waals surface area contributed by atoms with E-state index in [0.717, 1.165) is 17.0 Å². The second kappa shape index (κ2) is 5.32. The van der Waals surface area contributed by atoms with E-state index < -0.39 is 0 Å². The Bertz CT molecular complexity index is 611. The highest BCUT2D eigenvalue weighted by molar-refractivity contribution is 5.35. The predicted octanol–water partition coefficient (Wildman–Crippen LogP) is 2.91.